The molecule has 0 saturated heterocycles. The molecule has 0 saturated carbocycles. The summed E-state index contributed by atoms with van der Waals surface area (Å²) in [5.74, 6) is 0.830. The summed E-state index contributed by atoms with van der Waals surface area (Å²) in [5, 5.41) is 2.82. The second-order valence-corrected chi connectivity index (χ2v) is 7.10. The Labute approximate surface area is 134 Å². The molecule has 0 fully saturated rings. The fourth-order valence-electron chi connectivity index (χ4n) is 2.13. The lowest BCUT2D eigenvalue weighted by Crippen LogP contribution is -1.79. The van der Waals surface area contributed by atoms with Gasteiger partial charge in [0.2, 0.25) is 0 Å². The van der Waals surface area contributed by atoms with E-state index in [9.17, 15) is 0 Å². The number of thioether (sulfide) groups is 1. The van der Waals surface area contributed by atoms with Crippen molar-refractivity contribution < 1.29 is 0 Å². The third-order valence-electron chi connectivity index (χ3n) is 3.07. The van der Waals surface area contributed by atoms with Crippen LogP contribution in [0.15, 0.2) is 53.8 Å². The highest BCUT2D eigenvalue weighted by Gasteiger charge is 2.07. The van der Waals surface area contributed by atoms with Gasteiger partial charge in [0.1, 0.15) is 15.7 Å². The molecule has 0 unspecified atom stereocenters. The Balaban J connectivity index is 1.57. The Hall–Kier alpha value is -1.56. The smallest absolute Gasteiger partial charge is 0.138 e. The third kappa shape index (κ3) is 2.64. The number of benzene rings is 1. The first-order valence-electron chi connectivity index (χ1n) is 6.39. The molecule has 0 bridgehead atoms. The highest BCUT2D eigenvalue weighted by atomic mass is 35.5. The lowest BCUT2D eigenvalue weighted by molar-refractivity contribution is 1.18. The summed E-state index contributed by atoms with van der Waals surface area (Å²) >= 11 is 9.41. The predicted octanol–water partition coefficient (Wildman–Crippen LogP) is 4.89. The van der Waals surface area contributed by atoms with Crippen molar-refractivity contribution in [3.63, 3.8) is 0 Å². The zero-order valence-corrected chi connectivity index (χ0v) is 13.3. The molecule has 0 radical (unpaired) electrons. The largest absolute Gasteiger partial charge is 0.304 e. The molecular formula is C15H10ClN3S2. The molecule has 3 heterocycles. The van der Waals surface area contributed by atoms with E-state index >= 15 is 0 Å². The molecule has 3 aromatic heterocycles. The van der Waals surface area contributed by atoms with Gasteiger partial charge in [-0.3, -0.25) is 0 Å². The van der Waals surface area contributed by atoms with Crippen molar-refractivity contribution in [1.82, 2.24) is 14.4 Å². The molecule has 0 N–H and O–H groups in total. The molecule has 104 valence electrons. The fraction of sp³-hybridized carbons (Fsp3) is 0.0667. The molecular weight excluding hydrogens is 322 g/mol. The summed E-state index contributed by atoms with van der Waals surface area (Å²) in [6, 6.07) is 12.0. The zero-order chi connectivity index (χ0) is 14.2. The maximum absolute atomic E-state index is 5.98. The molecule has 0 atom stereocenters. The van der Waals surface area contributed by atoms with Crippen molar-refractivity contribution >= 4 is 50.6 Å². The van der Waals surface area contributed by atoms with Crippen LogP contribution >= 0.6 is 34.7 Å². The summed E-state index contributed by atoms with van der Waals surface area (Å²) in [6.07, 6.45) is 3.87. The van der Waals surface area contributed by atoms with Gasteiger partial charge in [0, 0.05) is 12.4 Å². The van der Waals surface area contributed by atoms with Gasteiger partial charge < -0.3 is 4.40 Å². The van der Waals surface area contributed by atoms with Crippen LogP contribution in [0.4, 0.5) is 0 Å². The molecule has 0 spiro atoms. The van der Waals surface area contributed by atoms with Gasteiger partial charge >= 0.3 is 0 Å². The van der Waals surface area contributed by atoms with E-state index in [-0.39, 0.29) is 0 Å². The van der Waals surface area contributed by atoms with Crippen molar-refractivity contribution in [3.05, 3.63) is 58.8 Å². The summed E-state index contributed by atoms with van der Waals surface area (Å²) in [5.41, 5.74) is 1.98. The van der Waals surface area contributed by atoms with Crippen LogP contribution in [0.5, 0.6) is 0 Å². The summed E-state index contributed by atoms with van der Waals surface area (Å²) in [4.78, 5) is 9.20. The van der Waals surface area contributed by atoms with Crippen LogP contribution in [0.2, 0.25) is 5.02 Å². The monoisotopic (exact) mass is 331 g/mol. The molecule has 0 amide bonds. The predicted molar refractivity (Wildman–Crippen MR) is 89.4 cm³/mol. The number of fused-ring (bicyclic) bond motifs is 2. The maximum atomic E-state index is 5.98. The molecule has 1 aromatic carbocycles. The fourth-order valence-corrected chi connectivity index (χ4v) is 4.15. The number of rotatable bonds is 3. The summed E-state index contributed by atoms with van der Waals surface area (Å²) in [7, 11) is 0. The number of halogens is 1. The van der Waals surface area contributed by atoms with Gasteiger partial charge in [0.25, 0.3) is 0 Å². The first-order valence-corrected chi connectivity index (χ1v) is 8.57. The Bertz CT molecular complexity index is 896. The van der Waals surface area contributed by atoms with Crippen LogP contribution in [0, 0.1) is 0 Å². The number of nitrogens with zero attached hydrogens (tertiary/aromatic N) is 3. The normalized spacial score (nSPS) is 11.5. The number of pyridine rings is 1. The molecule has 21 heavy (non-hydrogen) atoms. The molecule has 3 nitrogen and oxygen atoms in total. The minimum atomic E-state index is 0.711. The Kier molecular flexibility index (Phi) is 3.33. The number of aromatic nitrogens is 3. The highest BCUT2D eigenvalue weighted by Crippen LogP contribution is 2.28. The van der Waals surface area contributed by atoms with Gasteiger partial charge in [-0.1, -0.05) is 35.5 Å². The van der Waals surface area contributed by atoms with E-state index in [4.69, 9.17) is 11.6 Å². The molecule has 0 aliphatic rings. The topological polar surface area (TPSA) is 30.2 Å². The number of thiazole rings is 1. The van der Waals surface area contributed by atoms with Crippen LogP contribution in [0.25, 0.3) is 15.9 Å². The second-order valence-electron chi connectivity index (χ2n) is 4.56. The molecule has 4 aromatic rings. The van der Waals surface area contributed by atoms with Crippen molar-refractivity contribution in [2.45, 2.75) is 10.8 Å². The van der Waals surface area contributed by atoms with E-state index in [0.717, 1.165) is 27.0 Å². The van der Waals surface area contributed by atoms with Gasteiger partial charge in [0.05, 0.1) is 21.0 Å². The lowest BCUT2D eigenvalue weighted by Gasteiger charge is -1.92. The average molecular weight is 332 g/mol. The highest BCUT2D eigenvalue weighted by molar-refractivity contribution is 7.98. The second kappa shape index (κ2) is 5.33. The van der Waals surface area contributed by atoms with Crippen LogP contribution in [-0.4, -0.2) is 14.4 Å². The SMILES string of the molecule is Clc1ccc2nc(SCc3nc4ccccc4s3)cn2c1. The van der Waals surface area contributed by atoms with Gasteiger partial charge in [-0.15, -0.1) is 11.3 Å². The first kappa shape index (κ1) is 13.1. The third-order valence-corrected chi connectivity index (χ3v) is 5.43. The standard InChI is InChI=1S/C15H10ClN3S2/c16-10-5-6-13-18-14(8-19(13)7-10)20-9-15-17-11-3-1-2-4-12(11)21-15/h1-8H,9H2. The van der Waals surface area contributed by atoms with E-state index < -0.39 is 0 Å². The molecule has 0 aliphatic heterocycles. The minimum absolute atomic E-state index is 0.711. The minimum Gasteiger partial charge on any atom is -0.304 e. The van der Waals surface area contributed by atoms with E-state index in [1.165, 1.54) is 4.70 Å². The quantitative estimate of drug-likeness (QED) is 0.501. The number of hydrogen-bond donors (Lipinski definition) is 0. The molecule has 0 aliphatic carbocycles. The van der Waals surface area contributed by atoms with Crippen molar-refractivity contribution in [1.29, 1.82) is 0 Å². The first-order chi connectivity index (χ1) is 10.3. The summed E-state index contributed by atoms with van der Waals surface area (Å²) < 4.78 is 3.18. The Morgan fingerprint density at radius 3 is 2.90 bits per heavy atom. The van der Waals surface area contributed by atoms with E-state index in [1.54, 1.807) is 23.1 Å². The van der Waals surface area contributed by atoms with Crippen LogP contribution in [0.3, 0.4) is 0 Å². The van der Waals surface area contributed by atoms with Crippen molar-refractivity contribution in [2.24, 2.45) is 0 Å². The Morgan fingerprint density at radius 1 is 1.10 bits per heavy atom. The van der Waals surface area contributed by atoms with E-state index in [1.807, 2.05) is 47.1 Å². The van der Waals surface area contributed by atoms with Gasteiger partial charge in [0.15, 0.2) is 0 Å². The lowest BCUT2D eigenvalue weighted by atomic mass is 10.3. The number of para-hydroxylation sites is 1. The maximum Gasteiger partial charge on any atom is 0.138 e. The van der Waals surface area contributed by atoms with Gasteiger partial charge in [-0.25, -0.2) is 9.97 Å². The van der Waals surface area contributed by atoms with E-state index in [2.05, 4.69) is 16.0 Å². The zero-order valence-electron chi connectivity index (χ0n) is 10.9. The van der Waals surface area contributed by atoms with Crippen molar-refractivity contribution in [2.75, 3.05) is 0 Å². The molecule has 6 heteroatoms. The van der Waals surface area contributed by atoms with Crippen LogP contribution < -0.4 is 0 Å². The van der Waals surface area contributed by atoms with Crippen LogP contribution in [0.1, 0.15) is 5.01 Å². The van der Waals surface area contributed by atoms with Crippen LogP contribution in [-0.2, 0) is 5.75 Å². The van der Waals surface area contributed by atoms with E-state index in [0.29, 0.717) is 5.02 Å². The number of imidazole rings is 1. The molecule has 4 rings (SSSR count). The summed E-state index contributed by atoms with van der Waals surface area (Å²) in [6.45, 7) is 0. The average Bonchev–Trinajstić information content (AvgIpc) is 3.07. The van der Waals surface area contributed by atoms with Gasteiger partial charge in [-0.05, 0) is 24.3 Å². The Morgan fingerprint density at radius 2 is 2.00 bits per heavy atom. The van der Waals surface area contributed by atoms with Gasteiger partial charge in [-0.2, -0.15) is 0 Å². The van der Waals surface area contributed by atoms with Crippen molar-refractivity contribution in [3.8, 4) is 0 Å². The number of hydrogen-bond acceptors (Lipinski definition) is 4.